The molecular formula is C26H30N4O3S. The van der Waals surface area contributed by atoms with E-state index in [1.54, 1.807) is 18.7 Å². The number of aromatic nitrogens is 1. The zero-order chi connectivity index (χ0) is 23.5. The van der Waals surface area contributed by atoms with Crippen LogP contribution >= 0.6 is 11.3 Å². The van der Waals surface area contributed by atoms with Crippen molar-refractivity contribution in [1.82, 2.24) is 20.5 Å². The number of benzene rings is 2. The number of methoxy groups -OCH3 is 1. The molecule has 8 heteroatoms. The van der Waals surface area contributed by atoms with Crippen molar-refractivity contribution < 1.29 is 14.3 Å². The minimum Gasteiger partial charge on any atom is -0.496 e. The molecule has 0 spiro atoms. The molecule has 0 aliphatic carbocycles. The highest BCUT2D eigenvalue weighted by Crippen LogP contribution is 2.35. The molecule has 178 valence electrons. The number of hydrogen-bond acceptors (Lipinski definition) is 6. The number of carbonyl (C=O) groups is 2. The molecule has 1 aromatic heterocycles. The lowest BCUT2D eigenvalue weighted by molar-refractivity contribution is -0.140. The van der Waals surface area contributed by atoms with E-state index in [2.05, 4.69) is 21.7 Å². The number of ether oxygens (including phenoxy) is 1. The number of fused-ring (bicyclic) bond motifs is 1. The van der Waals surface area contributed by atoms with Gasteiger partial charge in [-0.3, -0.25) is 9.59 Å². The van der Waals surface area contributed by atoms with Crippen molar-refractivity contribution in [3.63, 3.8) is 0 Å². The number of amides is 2. The Hall–Kier alpha value is -2.97. The van der Waals surface area contributed by atoms with Crippen LogP contribution in [0.3, 0.4) is 0 Å². The highest BCUT2D eigenvalue weighted by molar-refractivity contribution is 7.16. The normalized spacial score (nSPS) is 18.6. The van der Waals surface area contributed by atoms with Gasteiger partial charge in [0.1, 0.15) is 11.3 Å². The van der Waals surface area contributed by atoms with Crippen LogP contribution in [0, 0.1) is 0 Å². The van der Waals surface area contributed by atoms with Gasteiger partial charge in [0.05, 0.1) is 22.8 Å². The molecule has 0 bridgehead atoms. The van der Waals surface area contributed by atoms with Crippen molar-refractivity contribution in [2.24, 2.45) is 0 Å². The predicted molar refractivity (Wildman–Crippen MR) is 133 cm³/mol. The van der Waals surface area contributed by atoms with Crippen LogP contribution in [0.25, 0.3) is 10.2 Å². The van der Waals surface area contributed by atoms with Crippen LogP contribution in [0.1, 0.15) is 47.5 Å². The summed E-state index contributed by atoms with van der Waals surface area (Å²) in [4.78, 5) is 33.3. The Kier molecular flexibility index (Phi) is 6.52. The number of piperidine rings is 2. The average Bonchev–Trinajstić information content (AvgIpc) is 3.37. The van der Waals surface area contributed by atoms with Crippen LogP contribution in [0.5, 0.6) is 5.75 Å². The third-order valence-electron chi connectivity index (χ3n) is 7.17. The summed E-state index contributed by atoms with van der Waals surface area (Å²) in [5.74, 6) is 1.12. The Balaban J connectivity index is 1.31. The fourth-order valence-electron chi connectivity index (χ4n) is 5.23. The van der Waals surface area contributed by atoms with Crippen LogP contribution in [0.15, 0.2) is 48.0 Å². The van der Waals surface area contributed by atoms with Gasteiger partial charge in [0.15, 0.2) is 0 Å². The molecule has 2 amide bonds. The highest BCUT2D eigenvalue weighted by Gasteiger charge is 2.44. The van der Waals surface area contributed by atoms with Crippen molar-refractivity contribution in [1.29, 1.82) is 0 Å². The average molecular weight is 479 g/mol. The summed E-state index contributed by atoms with van der Waals surface area (Å²) in [6, 6.07) is 13.7. The SMILES string of the molecule is COc1ccccc1C1CCN(C(=O)C2(NC(=O)c3ccc4ncsc4c3)CCNCC2)CC1. The van der Waals surface area contributed by atoms with Gasteiger partial charge in [-0.1, -0.05) is 18.2 Å². The molecule has 2 aromatic carbocycles. The lowest BCUT2D eigenvalue weighted by Crippen LogP contribution is -2.64. The molecule has 3 heterocycles. The van der Waals surface area contributed by atoms with E-state index in [4.69, 9.17) is 4.74 Å². The third-order valence-corrected chi connectivity index (χ3v) is 7.97. The van der Waals surface area contributed by atoms with Gasteiger partial charge in [0.25, 0.3) is 5.91 Å². The second-order valence-electron chi connectivity index (χ2n) is 9.13. The molecule has 2 N–H and O–H groups in total. The second kappa shape index (κ2) is 9.72. The monoisotopic (exact) mass is 478 g/mol. The maximum atomic E-state index is 13.8. The maximum Gasteiger partial charge on any atom is 0.252 e. The number of likely N-dealkylation sites (tertiary alicyclic amines) is 1. The maximum absolute atomic E-state index is 13.8. The van der Waals surface area contributed by atoms with Gasteiger partial charge in [-0.15, -0.1) is 11.3 Å². The van der Waals surface area contributed by atoms with Crippen LogP contribution in [0.4, 0.5) is 0 Å². The van der Waals surface area contributed by atoms with Gasteiger partial charge in [0.2, 0.25) is 5.91 Å². The van der Waals surface area contributed by atoms with Crippen molar-refractivity contribution in [3.8, 4) is 5.75 Å². The molecule has 34 heavy (non-hydrogen) atoms. The standard InChI is InChI=1S/C26H30N4O3S/c1-33-22-5-3-2-4-20(22)18-8-14-30(15-9-18)25(32)26(10-12-27-13-11-26)29-24(31)19-6-7-21-23(16-19)34-17-28-21/h2-7,16-18,27H,8-15H2,1H3,(H,29,31). The molecule has 5 rings (SSSR count). The van der Waals surface area contributed by atoms with Crippen molar-refractivity contribution >= 4 is 33.4 Å². The van der Waals surface area contributed by atoms with Crippen LogP contribution < -0.4 is 15.4 Å². The first kappa shape index (κ1) is 22.8. The van der Waals surface area contributed by atoms with Crippen LogP contribution in [-0.4, -0.2) is 60.5 Å². The summed E-state index contributed by atoms with van der Waals surface area (Å²) < 4.78 is 6.52. The first-order valence-electron chi connectivity index (χ1n) is 11.9. The van der Waals surface area contributed by atoms with Gasteiger partial charge in [-0.05, 0) is 74.5 Å². The molecule has 2 saturated heterocycles. The Morgan fingerprint density at radius 3 is 2.68 bits per heavy atom. The second-order valence-corrected chi connectivity index (χ2v) is 10.0. The van der Waals surface area contributed by atoms with Gasteiger partial charge in [0, 0.05) is 18.7 Å². The molecule has 0 atom stereocenters. The zero-order valence-corrected chi connectivity index (χ0v) is 20.2. The van der Waals surface area contributed by atoms with Gasteiger partial charge in [-0.2, -0.15) is 0 Å². The van der Waals surface area contributed by atoms with E-state index in [0.717, 1.165) is 28.8 Å². The molecule has 2 fully saturated rings. The number of carbonyl (C=O) groups excluding carboxylic acids is 2. The quantitative estimate of drug-likeness (QED) is 0.586. The molecular weight excluding hydrogens is 448 g/mol. The van der Waals surface area contributed by atoms with E-state index < -0.39 is 5.54 Å². The number of nitrogens with zero attached hydrogens (tertiary/aromatic N) is 2. The molecule has 7 nitrogen and oxygen atoms in total. The molecule has 2 aliphatic heterocycles. The topological polar surface area (TPSA) is 83.6 Å². The Bertz CT molecular complexity index is 1180. The van der Waals surface area contributed by atoms with Crippen LogP contribution in [0.2, 0.25) is 0 Å². The minimum atomic E-state index is -0.873. The fourth-order valence-corrected chi connectivity index (χ4v) is 5.95. The third kappa shape index (κ3) is 4.40. The van der Waals surface area contributed by atoms with E-state index in [1.807, 2.05) is 35.2 Å². The molecule has 0 unspecified atom stereocenters. The largest absolute Gasteiger partial charge is 0.496 e. The van der Waals surface area contributed by atoms with Gasteiger partial charge >= 0.3 is 0 Å². The lowest BCUT2D eigenvalue weighted by Gasteiger charge is -2.42. The van der Waals surface area contributed by atoms with Crippen molar-refractivity contribution in [2.45, 2.75) is 37.1 Å². The molecule has 0 saturated carbocycles. The predicted octanol–water partition coefficient (Wildman–Crippen LogP) is 3.56. The summed E-state index contributed by atoms with van der Waals surface area (Å²) in [7, 11) is 1.70. The summed E-state index contributed by atoms with van der Waals surface area (Å²) in [5.41, 5.74) is 3.56. The summed E-state index contributed by atoms with van der Waals surface area (Å²) in [6.45, 7) is 2.77. The van der Waals surface area contributed by atoms with Crippen LogP contribution in [-0.2, 0) is 4.79 Å². The number of hydrogen-bond donors (Lipinski definition) is 2. The Morgan fingerprint density at radius 2 is 1.91 bits per heavy atom. The summed E-state index contributed by atoms with van der Waals surface area (Å²) >= 11 is 1.51. The highest BCUT2D eigenvalue weighted by atomic mass is 32.1. The lowest BCUT2D eigenvalue weighted by atomic mass is 9.84. The number of thiazole rings is 1. The van der Waals surface area contributed by atoms with E-state index in [-0.39, 0.29) is 11.8 Å². The van der Waals surface area contributed by atoms with E-state index in [0.29, 0.717) is 50.5 Å². The number of nitrogens with one attached hydrogen (secondary N) is 2. The summed E-state index contributed by atoms with van der Waals surface area (Å²) in [6.07, 6.45) is 2.95. The van der Waals surface area contributed by atoms with E-state index in [9.17, 15) is 9.59 Å². The Morgan fingerprint density at radius 1 is 1.15 bits per heavy atom. The van der Waals surface area contributed by atoms with Crippen molar-refractivity contribution in [3.05, 3.63) is 59.1 Å². The minimum absolute atomic E-state index is 0.0414. The smallest absolute Gasteiger partial charge is 0.252 e. The fraction of sp³-hybridized carbons (Fsp3) is 0.423. The molecule has 0 radical (unpaired) electrons. The Labute approximate surface area is 203 Å². The first-order chi connectivity index (χ1) is 16.6. The van der Waals surface area contributed by atoms with Crippen molar-refractivity contribution in [2.75, 3.05) is 33.3 Å². The number of rotatable bonds is 5. The molecule has 3 aromatic rings. The summed E-state index contributed by atoms with van der Waals surface area (Å²) in [5, 5.41) is 6.49. The van der Waals surface area contributed by atoms with Gasteiger partial charge in [-0.25, -0.2) is 4.98 Å². The van der Waals surface area contributed by atoms with E-state index in [1.165, 1.54) is 16.9 Å². The first-order valence-corrected chi connectivity index (χ1v) is 12.8. The number of para-hydroxylation sites is 1. The zero-order valence-electron chi connectivity index (χ0n) is 19.4. The molecule has 2 aliphatic rings. The van der Waals surface area contributed by atoms with Gasteiger partial charge < -0.3 is 20.3 Å². The van der Waals surface area contributed by atoms with E-state index >= 15 is 0 Å².